The minimum absolute atomic E-state index is 0.0607. The predicted molar refractivity (Wildman–Crippen MR) is 97.2 cm³/mol. The maximum atomic E-state index is 12.4. The number of halogens is 1. The summed E-state index contributed by atoms with van der Waals surface area (Å²) in [7, 11) is 0. The SMILES string of the molecule is O=C(CSc1nnc(-c2cccc(Cl)c2)o1)c1ccc2c(c1)OCCO2. The minimum atomic E-state index is -0.0607. The molecule has 0 unspecified atom stereocenters. The van der Waals surface area contributed by atoms with Gasteiger partial charge in [-0.2, -0.15) is 0 Å². The Bertz CT molecular complexity index is 960. The molecule has 0 N–H and O–H groups in total. The fraction of sp³-hybridized carbons (Fsp3) is 0.167. The number of fused-ring (bicyclic) bond motifs is 1. The van der Waals surface area contributed by atoms with Gasteiger partial charge in [-0.1, -0.05) is 29.4 Å². The molecule has 3 aromatic rings. The fourth-order valence-corrected chi connectivity index (χ4v) is 3.28. The lowest BCUT2D eigenvalue weighted by molar-refractivity contribution is 0.102. The molecule has 0 bridgehead atoms. The maximum absolute atomic E-state index is 12.4. The summed E-state index contributed by atoms with van der Waals surface area (Å²) in [5.41, 5.74) is 1.28. The topological polar surface area (TPSA) is 74.5 Å². The number of rotatable bonds is 5. The number of aromatic nitrogens is 2. The quantitative estimate of drug-likeness (QED) is 0.480. The van der Waals surface area contributed by atoms with Crippen molar-refractivity contribution in [2.24, 2.45) is 0 Å². The number of carbonyl (C=O) groups excluding carboxylic acids is 1. The van der Waals surface area contributed by atoms with E-state index < -0.39 is 0 Å². The highest BCUT2D eigenvalue weighted by Crippen LogP contribution is 2.31. The molecule has 4 rings (SSSR count). The average Bonchev–Trinajstić information content (AvgIpc) is 3.15. The van der Waals surface area contributed by atoms with Gasteiger partial charge in [-0.05, 0) is 36.4 Å². The van der Waals surface area contributed by atoms with Crippen LogP contribution in [0.4, 0.5) is 0 Å². The van der Waals surface area contributed by atoms with Gasteiger partial charge in [0.25, 0.3) is 5.22 Å². The highest BCUT2D eigenvalue weighted by molar-refractivity contribution is 7.99. The van der Waals surface area contributed by atoms with Gasteiger partial charge in [0, 0.05) is 16.1 Å². The van der Waals surface area contributed by atoms with Gasteiger partial charge >= 0.3 is 0 Å². The lowest BCUT2D eigenvalue weighted by Gasteiger charge is -2.18. The summed E-state index contributed by atoms with van der Waals surface area (Å²) in [6, 6.07) is 12.3. The van der Waals surface area contributed by atoms with Crippen LogP contribution in [-0.4, -0.2) is 34.9 Å². The molecule has 132 valence electrons. The molecule has 1 aliphatic heterocycles. The number of thioether (sulfide) groups is 1. The Labute approximate surface area is 158 Å². The number of ketones is 1. The lowest BCUT2D eigenvalue weighted by Crippen LogP contribution is -2.16. The van der Waals surface area contributed by atoms with Crippen molar-refractivity contribution in [3.05, 3.63) is 53.1 Å². The monoisotopic (exact) mass is 388 g/mol. The summed E-state index contributed by atoms with van der Waals surface area (Å²) in [6.07, 6.45) is 0. The number of Topliss-reactive ketones (excluding diaryl/α,β-unsaturated/α-hetero) is 1. The third kappa shape index (κ3) is 3.68. The van der Waals surface area contributed by atoms with Crippen molar-refractivity contribution in [1.82, 2.24) is 10.2 Å². The van der Waals surface area contributed by atoms with Crippen LogP contribution in [0.15, 0.2) is 52.1 Å². The minimum Gasteiger partial charge on any atom is -0.486 e. The first-order chi connectivity index (χ1) is 12.7. The first-order valence-corrected chi connectivity index (χ1v) is 9.20. The van der Waals surface area contributed by atoms with Crippen LogP contribution in [-0.2, 0) is 0 Å². The van der Waals surface area contributed by atoms with Crippen molar-refractivity contribution < 1.29 is 18.7 Å². The van der Waals surface area contributed by atoms with E-state index in [9.17, 15) is 4.79 Å². The summed E-state index contributed by atoms with van der Waals surface area (Å²) in [4.78, 5) is 12.4. The van der Waals surface area contributed by atoms with Crippen molar-refractivity contribution in [1.29, 1.82) is 0 Å². The van der Waals surface area contributed by atoms with Gasteiger partial charge in [-0.15, -0.1) is 10.2 Å². The van der Waals surface area contributed by atoms with Crippen LogP contribution in [0.5, 0.6) is 11.5 Å². The van der Waals surface area contributed by atoms with E-state index in [1.807, 2.05) is 6.07 Å². The number of hydrogen-bond donors (Lipinski definition) is 0. The molecular weight excluding hydrogens is 376 g/mol. The fourth-order valence-electron chi connectivity index (χ4n) is 2.43. The second-order valence-electron chi connectivity index (χ2n) is 5.45. The highest BCUT2D eigenvalue weighted by atomic mass is 35.5. The lowest BCUT2D eigenvalue weighted by atomic mass is 10.1. The zero-order chi connectivity index (χ0) is 17.9. The summed E-state index contributed by atoms with van der Waals surface area (Å²) in [5.74, 6) is 1.73. The van der Waals surface area contributed by atoms with Crippen molar-refractivity contribution >= 4 is 29.1 Å². The second-order valence-corrected chi connectivity index (χ2v) is 6.82. The van der Waals surface area contributed by atoms with E-state index in [1.165, 1.54) is 11.8 Å². The van der Waals surface area contributed by atoms with Gasteiger partial charge in [0.2, 0.25) is 5.89 Å². The Hall–Kier alpha value is -2.51. The van der Waals surface area contributed by atoms with E-state index in [0.29, 0.717) is 46.4 Å². The highest BCUT2D eigenvalue weighted by Gasteiger charge is 2.16. The average molecular weight is 389 g/mol. The molecule has 0 atom stereocenters. The standard InChI is InChI=1S/C18H13ClN2O4S/c19-13-3-1-2-12(8-13)17-20-21-18(25-17)26-10-14(22)11-4-5-15-16(9-11)24-7-6-23-15/h1-5,8-9H,6-7,10H2. The Balaban J connectivity index is 1.42. The van der Waals surface area contributed by atoms with Crippen LogP contribution in [0.2, 0.25) is 5.02 Å². The number of hydrogen-bond acceptors (Lipinski definition) is 7. The van der Waals surface area contributed by atoms with Gasteiger partial charge < -0.3 is 13.9 Å². The molecule has 8 heteroatoms. The van der Waals surface area contributed by atoms with E-state index in [4.69, 9.17) is 25.5 Å². The largest absolute Gasteiger partial charge is 0.486 e. The molecule has 0 fully saturated rings. The molecule has 0 radical (unpaired) electrons. The third-order valence-corrected chi connectivity index (χ3v) is 4.72. The second kappa shape index (κ2) is 7.39. The Morgan fingerprint density at radius 1 is 1.08 bits per heavy atom. The molecule has 2 heterocycles. The van der Waals surface area contributed by atoms with Crippen LogP contribution < -0.4 is 9.47 Å². The van der Waals surface area contributed by atoms with Crippen molar-refractivity contribution in [2.75, 3.05) is 19.0 Å². The van der Waals surface area contributed by atoms with E-state index in [0.717, 1.165) is 5.56 Å². The third-order valence-electron chi connectivity index (χ3n) is 3.67. The molecule has 0 saturated heterocycles. The molecule has 6 nitrogen and oxygen atoms in total. The summed E-state index contributed by atoms with van der Waals surface area (Å²) in [5, 5.41) is 8.87. The van der Waals surface area contributed by atoms with Gasteiger partial charge in [-0.25, -0.2) is 0 Å². The zero-order valence-corrected chi connectivity index (χ0v) is 15.0. The van der Waals surface area contributed by atoms with Crippen molar-refractivity contribution in [3.63, 3.8) is 0 Å². The van der Waals surface area contributed by atoms with E-state index in [2.05, 4.69) is 10.2 Å². The van der Waals surface area contributed by atoms with Crippen LogP contribution in [0.25, 0.3) is 11.5 Å². The Morgan fingerprint density at radius 3 is 2.77 bits per heavy atom. The van der Waals surface area contributed by atoms with Gasteiger partial charge in [0.15, 0.2) is 17.3 Å². The van der Waals surface area contributed by atoms with Crippen LogP contribution in [0.1, 0.15) is 10.4 Å². The molecule has 0 spiro atoms. The van der Waals surface area contributed by atoms with Crippen LogP contribution >= 0.6 is 23.4 Å². The molecule has 1 aromatic heterocycles. The van der Waals surface area contributed by atoms with Gasteiger partial charge in [0.05, 0.1) is 5.75 Å². The van der Waals surface area contributed by atoms with Gasteiger partial charge in [-0.3, -0.25) is 4.79 Å². The molecule has 0 amide bonds. The van der Waals surface area contributed by atoms with Crippen LogP contribution in [0.3, 0.4) is 0 Å². The molecule has 26 heavy (non-hydrogen) atoms. The smallest absolute Gasteiger partial charge is 0.277 e. The van der Waals surface area contributed by atoms with Crippen molar-refractivity contribution in [2.45, 2.75) is 5.22 Å². The number of benzene rings is 2. The molecule has 0 saturated carbocycles. The summed E-state index contributed by atoms with van der Waals surface area (Å²) < 4.78 is 16.5. The number of nitrogens with zero attached hydrogens (tertiary/aromatic N) is 2. The van der Waals surface area contributed by atoms with Gasteiger partial charge in [0.1, 0.15) is 13.2 Å². The normalized spacial score (nSPS) is 12.8. The molecule has 1 aliphatic rings. The van der Waals surface area contributed by atoms with Crippen LogP contribution in [0, 0.1) is 0 Å². The zero-order valence-electron chi connectivity index (χ0n) is 13.5. The van der Waals surface area contributed by atoms with E-state index >= 15 is 0 Å². The Kier molecular flexibility index (Phi) is 4.81. The number of ether oxygens (including phenoxy) is 2. The molecule has 2 aromatic carbocycles. The molecular formula is C18H13ClN2O4S. The van der Waals surface area contributed by atoms with Crippen molar-refractivity contribution in [3.8, 4) is 23.0 Å². The van der Waals surface area contributed by atoms with E-state index in [1.54, 1.807) is 36.4 Å². The summed E-state index contributed by atoms with van der Waals surface area (Å²) in [6.45, 7) is 0.996. The van der Waals surface area contributed by atoms with E-state index in [-0.39, 0.29) is 11.5 Å². The first kappa shape index (κ1) is 16.9. The predicted octanol–water partition coefficient (Wildman–Crippen LogP) is 4.14. The summed E-state index contributed by atoms with van der Waals surface area (Å²) >= 11 is 7.15. The maximum Gasteiger partial charge on any atom is 0.277 e. The Morgan fingerprint density at radius 2 is 1.92 bits per heavy atom. The molecule has 0 aliphatic carbocycles. The number of carbonyl (C=O) groups is 1. The first-order valence-electron chi connectivity index (χ1n) is 7.84.